The summed E-state index contributed by atoms with van der Waals surface area (Å²) in [5, 5.41) is 4.33. The van der Waals surface area contributed by atoms with Crippen molar-refractivity contribution in [1.82, 2.24) is 15.8 Å². The summed E-state index contributed by atoms with van der Waals surface area (Å²) in [6.45, 7) is 7.10. The zero-order valence-corrected chi connectivity index (χ0v) is 26.0. The average Bonchev–Trinajstić information content (AvgIpc) is 2.92. The van der Waals surface area contributed by atoms with Gasteiger partial charge in [0.2, 0.25) is 11.8 Å². The molecule has 39 heavy (non-hydrogen) atoms. The number of amides is 3. The lowest BCUT2D eigenvalue weighted by Gasteiger charge is -2.26. The van der Waals surface area contributed by atoms with Crippen LogP contribution in [-0.4, -0.2) is 41.9 Å². The van der Waals surface area contributed by atoms with Gasteiger partial charge < -0.3 is 11.1 Å². The first kappa shape index (κ1) is 37.4. The van der Waals surface area contributed by atoms with E-state index in [0.29, 0.717) is 19.3 Å². The average molecular weight is 553 g/mol. The van der Waals surface area contributed by atoms with E-state index in [1.54, 1.807) is 0 Å². The molecule has 0 aromatic rings. The number of nitrogens with two attached hydrogens (primary N) is 1. The Labute approximate surface area is 241 Å². The highest BCUT2D eigenvalue weighted by molar-refractivity contribution is 5.89. The normalized spacial score (nSPS) is 11.8. The van der Waals surface area contributed by atoms with Crippen molar-refractivity contribution in [3.8, 4) is 0 Å². The van der Waals surface area contributed by atoms with E-state index in [1.807, 2.05) is 0 Å². The summed E-state index contributed by atoms with van der Waals surface area (Å²) in [5.74, 6) is -0.498. The van der Waals surface area contributed by atoms with Crippen LogP contribution in [0.15, 0.2) is 0 Å². The van der Waals surface area contributed by atoms with Gasteiger partial charge in [-0.1, -0.05) is 136 Å². The van der Waals surface area contributed by atoms with Gasteiger partial charge in [-0.05, 0) is 19.3 Å². The Balaban J connectivity index is 4.72. The topological polar surface area (TPSA) is 105 Å². The second-order valence-corrected chi connectivity index (χ2v) is 11.2. The molecule has 0 fully saturated rings. The molecule has 0 aliphatic heterocycles. The van der Waals surface area contributed by atoms with Gasteiger partial charge in [-0.25, -0.2) is 0 Å². The molecule has 0 aromatic carbocycles. The van der Waals surface area contributed by atoms with Crippen LogP contribution in [-0.2, 0) is 14.4 Å². The van der Waals surface area contributed by atoms with Crippen molar-refractivity contribution in [2.75, 3.05) is 13.1 Å². The number of carbonyl (C=O) groups is 3. The fraction of sp³-hybridized carbons (Fsp3) is 0.906. The third-order valence-corrected chi connectivity index (χ3v) is 7.40. The third-order valence-electron chi connectivity index (χ3n) is 7.40. The summed E-state index contributed by atoms with van der Waals surface area (Å²) in [4.78, 5) is 38.6. The minimum Gasteiger partial charge on any atom is -0.344 e. The number of unbranched alkanes of at least 4 members (excludes halogenated alkanes) is 17. The van der Waals surface area contributed by atoms with Crippen molar-refractivity contribution >= 4 is 17.7 Å². The zero-order valence-electron chi connectivity index (χ0n) is 26.0. The number of nitrogens with zero attached hydrogens (tertiary/aromatic N) is 1. The fourth-order valence-corrected chi connectivity index (χ4v) is 4.86. The van der Waals surface area contributed by atoms with E-state index in [0.717, 1.165) is 57.8 Å². The Bertz CT molecular complexity index is 600. The van der Waals surface area contributed by atoms with Crippen molar-refractivity contribution in [3.05, 3.63) is 0 Å². The molecule has 4 N–H and O–H groups in total. The van der Waals surface area contributed by atoms with Crippen LogP contribution in [0.5, 0.6) is 0 Å². The van der Waals surface area contributed by atoms with Crippen molar-refractivity contribution in [2.24, 2.45) is 5.73 Å². The lowest BCUT2D eigenvalue weighted by molar-refractivity contribution is -0.143. The van der Waals surface area contributed by atoms with Crippen LogP contribution in [0.3, 0.4) is 0 Å². The van der Waals surface area contributed by atoms with Crippen molar-refractivity contribution in [3.63, 3.8) is 0 Å². The monoisotopic (exact) mass is 552 g/mol. The maximum absolute atomic E-state index is 13.2. The lowest BCUT2D eigenvalue weighted by atomic mass is 10.0. The molecule has 230 valence electrons. The second-order valence-electron chi connectivity index (χ2n) is 11.2. The molecule has 0 saturated carbocycles. The van der Waals surface area contributed by atoms with Crippen molar-refractivity contribution < 1.29 is 14.4 Å². The van der Waals surface area contributed by atoms with Crippen LogP contribution in [0.4, 0.5) is 0 Å². The number of carbonyl (C=O) groups excluding carboxylic acids is 3. The molecule has 0 heterocycles. The molecule has 0 aliphatic rings. The molecular weight excluding hydrogens is 488 g/mol. The Hall–Kier alpha value is -1.63. The number of rotatable bonds is 27. The van der Waals surface area contributed by atoms with Gasteiger partial charge in [0.15, 0.2) is 0 Å². The first-order valence-electron chi connectivity index (χ1n) is 16.6. The van der Waals surface area contributed by atoms with Gasteiger partial charge in [-0.2, -0.15) is 0 Å². The number of hydrogen-bond donors (Lipinski definition) is 3. The minimum atomic E-state index is -0.625. The molecule has 0 rings (SSSR count). The highest BCUT2D eigenvalue weighted by atomic mass is 16.2. The summed E-state index contributed by atoms with van der Waals surface area (Å²) in [5.41, 5.74) is 8.50. The summed E-state index contributed by atoms with van der Waals surface area (Å²) >= 11 is 0. The standard InChI is InChI=1S/C32H64N4O3/c1-4-7-10-12-14-16-18-20-23-25-30(37)34-29(24-22-19-17-15-13-11-8-5-2)32(39)35-36(28-27-33)31(38)26-21-9-6-3/h29H,4-28,33H2,1-3H3,(H,34,37)(H,35,39). The van der Waals surface area contributed by atoms with Gasteiger partial charge in [-0.15, -0.1) is 0 Å². The van der Waals surface area contributed by atoms with Gasteiger partial charge in [-0.3, -0.25) is 24.8 Å². The Morgan fingerprint density at radius 3 is 1.56 bits per heavy atom. The van der Waals surface area contributed by atoms with Gasteiger partial charge >= 0.3 is 0 Å². The lowest BCUT2D eigenvalue weighted by Crippen LogP contribution is -2.55. The third kappa shape index (κ3) is 22.8. The van der Waals surface area contributed by atoms with Gasteiger partial charge in [0.25, 0.3) is 5.91 Å². The summed E-state index contributed by atoms with van der Waals surface area (Å²) in [6.07, 6.45) is 24.4. The van der Waals surface area contributed by atoms with E-state index in [4.69, 9.17) is 5.73 Å². The molecule has 0 radical (unpaired) electrons. The Morgan fingerprint density at radius 2 is 1.05 bits per heavy atom. The minimum absolute atomic E-state index is 0.0719. The predicted molar refractivity (Wildman–Crippen MR) is 164 cm³/mol. The van der Waals surface area contributed by atoms with Crippen LogP contribution in [0.1, 0.15) is 168 Å². The number of hydrogen-bond acceptors (Lipinski definition) is 4. The van der Waals surface area contributed by atoms with Crippen LogP contribution in [0, 0.1) is 0 Å². The molecule has 0 aliphatic carbocycles. The number of nitrogens with one attached hydrogen (secondary N) is 2. The van der Waals surface area contributed by atoms with Crippen LogP contribution in [0.2, 0.25) is 0 Å². The smallest absolute Gasteiger partial charge is 0.261 e. The molecule has 0 aromatic heterocycles. The highest BCUT2D eigenvalue weighted by Crippen LogP contribution is 2.13. The SMILES string of the molecule is CCCCCCCCCCCC(=O)NC(CCCCCCCCCC)C(=O)NN(CCN)C(=O)CCCCC. The van der Waals surface area contributed by atoms with E-state index in [-0.39, 0.29) is 30.8 Å². The molecule has 7 nitrogen and oxygen atoms in total. The zero-order chi connectivity index (χ0) is 29.0. The number of hydrazine groups is 1. The fourth-order valence-electron chi connectivity index (χ4n) is 4.86. The van der Waals surface area contributed by atoms with Crippen molar-refractivity contribution in [1.29, 1.82) is 0 Å². The first-order chi connectivity index (χ1) is 19.0. The van der Waals surface area contributed by atoms with E-state index < -0.39 is 6.04 Å². The van der Waals surface area contributed by atoms with E-state index in [2.05, 4.69) is 31.5 Å². The predicted octanol–water partition coefficient (Wildman–Crippen LogP) is 7.32. The Morgan fingerprint density at radius 1 is 0.615 bits per heavy atom. The summed E-state index contributed by atoms with van der Waals surface area (Å²) < 4.78 is 0. The van der Waals surface area contributed by atoms with Gasteiger partial charge in [0.05, 0.1) is 6.54 Å². The molecule has 0 saturated heterocycles. The van der Waals surface area contributed by atoms with E-state index in [9.17, 15) is 14.4 Å². The van der Waals surface area contributed by atoms with E-state index >= 15 is 0 Å². The quantitative estimate of drug-likeness (QED) is 0.0733. The first-order valence-corrected chi connectivity index (χ1v) is 16.6. The molecule has 0 bridgehead atoms. The summed E-state index contributed by atoms with van der Waals surface area (Å²) in [7, 11) is 0. The Kier molecular flexibility index (Phi) is 26.8. The van der Waals surface area contributed by atoms with Gasteiger partial charge in [0, 0.05) is 19.4 Å². The van der Waals surface area contributed by atoms with Crippen LogP contribution < -0.4 is 16.5 Å². The maximum Gasteiger partial charge on any atom is 0.261 e. The molecule has 0 spiro atoms. The molecule has 1 atom stereocenters. The maximum atomic E-state index is 13.2. The molecule has 1 unspecified atom stereocenters. The van der Waals surface area contributed by atoms with Crippen LogP contribution >= 0.6 is 0 Å². The highest BCUT2D eigenvalue weighted by Gasteiger charge is 2.24. The van der Waals surface area contributed by atoms with Gasteiger partial charge in [0.1, 0.15) is 6.04 Å². The second kappa shape index (κ2) is 27.9. The largest absolute Gasteiger partial charge is 0.344 e. The summed E-state index contributed by atoms with van der Waals surface area (Å²) in [6, 6.07) is -0.625. The molecular formula is C32H64N4O3. The molecule has 7 heteroatoms. The molecule has 3 amide bonds. The van der Waals surface area contributed by atoms with Crippen LogP contribution in [0.25, 0.3) is 0 Å². The van der Waals surface area contributed by atoms with E-state index in [1.165, 1.54) is 75.6 Å². The van der Waals surface area contributed by atoms with Crippen molar-refractivity contribution in [2.45, 2.75) is 174 Å².